The highest BCUT2D eigenvalue weighted by atomic mass is 19.1. The molecule has 0 atom stereocenters. The number of anilines is 1. The van der Waals surface area contributed by atoms with Gasteiger partial charge in [0.05, 0.1) is 5.39 Å². The highest BCUT2D eigenvalue weighted by Crippen LogP contribution is 2.18. The van der Waals surface area contributed by atoms with Crippen molar-refractivity contribution in [3.8, 4) is 0 Å². The van der Waals surface area contributed by atoms with Crippen LogP contribution in [0.2, 0.25) is 0 Å². The number of benzene rings is 2. The number of para-hydroxylation sites is 2. The normalized spacial score (nSPS) is 10.5. The van der Waals surface area contributed by atoms with Crippen molar-refractivity contribution in [1.29, 1.82) is 0 Å². The minimum atomic E-state index is -1.06. The number of esters is 1. The van der Waals surface area contributed by atoms with Crippen LogP contribution in [0.15, 0.2) is 57.7 Å². The van der Waals surface area contributed by atoms with Crippen molar-refractivity contribution in [2.24, 2.45) is 0 Å². The fourth-order valence-electron chi connectivity index (χ4n) is 2.20. The molecule has 26 heavy (non-hydrogen) atoms. The molecule has 0 aliphatic carbocycles. The molecule has 3 aromatic rings. The Labute approximate surface area is 145 Å². The van der Waals surface area contributed by atoms with Gasteiger partial charge in [-0.05, 0) is 24.3 Å². The van der Waals surface area contributed by atoms with Crippen molar-refractivity contribution in [2.75, 3.05) is 11.9 Å². The average Bonchev–Trinajstić information content (AvgIpc) is 2.63. The molecule has 2 aromatic carbocycles. The summed E-state index contributed by atoms with van der Waals surface area (Å²) in [5, 5.41) is 2.26. The summed E-state index contributed by atoms with van der Waals surface area (Å²) in [5.74, 6) is -4.34. The van der Waals surface area contributed by atoms with Crippen LogP contribution < -0.4 is 10.7 Å². The lowest BCUT2D eigenvalue weighted by Crippen LogP contribution is -2.22. The second-order valence-electron chi connectivity index (χ2n) is 5.19. The molecular formula is C18H11F2NO5. The van der Waals surface area contributed by atoms with Crippen LogP contribution in [0.4, 0.5) is 14.5 Å². The van der Waals surface area contributed by atoms with Crippen LogP contribution in [0.3, 0.4) is 0 Å². The number of nitrogens with one attached hydrogen (secondary N) is 1. The van der Waals surface area contributed by atoms with Crippen LogP contribution in [-0.4, -0.2) is 18.5 Å². The minimum Gasteiger partial charge on any atom is -0.450 e. The number of halogens is 2. The smallest absolute Gasteiger partial charge is 0.374 e. The molecule has 0 spiro atoms. The number of hydrogen-bond donors (Lipinski definition) is 1. The highest BCUT2D eigenvalue weighted by molar-refractivity contribution is 5.95. The predicted molar refractivity (Wildman–Crippen MR) is 87.8 cm³/mol. The van der Waals surface area contributed by atoms with E-state index in [0.717, 1.165) is 24.3 Å². The largest absolute Gasteiger partial charge is 0.450 e. The Bertz CT molecular complexity index is 1040. The summed E-state index contributed by atoms with van der Waals surface area (Å²) in [6.45, 7) is -0.816. The van der Waals surface area contributed by atoms with Gasteiger partial charge < -0.3 is 14.5 Å². The number of carbonyl (C=O) groups excluding carboxylic acids is 2. The molecule has 1 heterocycles. The Hall–Kier alpha value is -3.55. The molecule has 132 valence electrons. The summed E-state index contributed by atoms with van der Waals surface area (Å²) in [6, 6.07) is 10.3. The van der Waals surface area contributed by atoms with E-state index in [4.69, 9.17) is 9.15 Å². The van der Waals surface area contributed by atoms with Crippen LogP contribution in [-0.2, 0) is 9.53 Å². The van der Waals surface area contributed by atoms with Gasteiger partial charge >= 0.3 is 5.97 Å². The third-order valence-electron chi connectivity index (χ3n) is 3.40. The maximum absolute atomic E-state index is 13.5. The quantitative estimate of drug-likeness (QED) is 0.724. The van der Waals surface area contributed by atoms with E-state index in [2.05, 4.69) is 0 Å². The van der Waals surface area contributed by atoms with Crippen LogP contribution in [0.1, 0.15) is 10.6 Å². The van der Waals surface area contributed by atoms with E-state index >= 15 is 0 Å². The van der Waals surface area contributed by atoms with Gasteiger partial charge in [0.25, 0.3) is 5.91 Å². The molecule has 0 saturated carbocycles. The minimum absolute atomic E-state index is 0.185. The van der Waals surface area contributed by atoms with E-state index in [0.29, 0.717) is 0 Å². The first-order valence-corrected chi connectivity index (χ1v) is 7.39. The summed E-state index contributed by atoms with van der Waals surface area (Å²) >= 11 is 0. The third-order valence-corrected chi connectivity index (χ3v) is 3.40. The molecule has 0 saturated heterocycles. The first-order chi connectivity index (χ1) is 12.5. The maximum Gasteiger partial charge on any atom is 0.374 e. The van der Waals surface area contributed by atoms with Crippen LogP contribution in [0.25, 0.3) is 11.0 Å². The number of fused-ring (bicyclic) bond motifs is 1. The van der Waals surface area contributed by atoms with Gasteiger partial charge in [0, 0.05) is 6.07 Å². The van der Waals surface area contributed by atoms with E-state index in [1.165, 1.54) is 12.1 Å². The van der Waals surface area contributed by atoms with Gasteiger partial charge in [0.1, 0.15) is 22.9 Å². The number of carbonyl (C=O) groups is 2. The van der Waals surface area contributed by atoms with Crippen molar-refractivity contribution in [1.82, 2.24) is 0 Å². The fourth-order valence-corrected chi connectivity index (χ4v) is 2.20. The van der Waals surface area contributed by atoms with Gasteiger partial charge in [-0.3, -0.25) is 9.59 Å². The molecular weight excluding hydrogens is 348 g/mol. The molecule has 0 bridgehead atoms. The Balaban J connectivity index is 1.69. The van der Waals surface area contributed by atoms with Gasteiger partial charge in [-0.25, -0.2) is 13.6 Å². The second kappa shape index (κ2) is 7.14. The van der Waals surface area contributed by atoms with Crippen LogP contribution in [0.5, 0.6) is 0 Å². The topological polar surface area (TPSA) is 85.6 Å². The summed E-state index contributed by atoms with van der Waals surface area (Å²) in [5.41, 5.74) is -0.910. The monoisotopic (exact) mass is 359 g/mol. The second-order valence-corrected chi connectivity index (χ2v) is 5.19. The zero-order valence-electron chi connectivity index (χ0n) is 13.1. The zero-order valence-corrected chi connectivity index (χ0v) is 13.1. The standard InChI is InChI=1S/C18H11F2NO5/c19-11-5-3-6-12(20)17(11)21-16(23)9-25-18(24)15-8-13(22)10-4-1-2-7-14(10)26-15/h1-8H,9H2,(H,21,23). The lowest BCUT2D eigenvalue weighted by molar-refractivity contribution is -0.119. The molecule has 0 radical (unpaired) electrons. The van der Waals surface area contributed by atoms with Crippen molar-refractivity contribution in [3.05, 3.63) is 76.1 Å². The number of amides is 1. The predicted octanol–water partition coefficient (Wildman–Crippen LogP) is 2.87. The molecule has 0 unspecified atom stereocenters. The molecule has 3 rings (SSSR count). The Morgan fingerprint density at radius 1 is 1.04 bits per heavy atom. The van der Waals surface area contributed by atoms with E-state index in [1.54, 1.807) is 12.1 Å². The Kier molecular flexibility index (Phi) is 4.74. The van der Waals surface area contributed by atoms with E-state index in [1.807, 2.05) is 5.32 Å². The molecule has 6 nitrogen and oxygen atoms in total. The average molecular weight is 359 g/mol. The Morgan fingerprint density at radius 2 is 1.73 bits per heavy atom. The molecule has 0 aliphatic heterocycles. The van der Waals surface area contributed by atoms with E-state index in [9.17, 15) is 23.2 Å². The molecule has 0 fully saturated rings. The van der Waals surface area contributed by atoms with Gasteiger partial charge in [0.2, 0.25) is 5.76 Å². The lowest BCUT2D eigenvalue weighted by atomic mass is 10.2. The van der Waals surface area contributed by atoms with E-state index in [-0.39, 0.29) is 11.0 Å². The van der Waals surface area contributed by atoms with Crippen molar-refractivity contribution in [3.63, 3.8) is 0 Å². The highest BCUT2D eigenvalue weighted by Gasteiger charge is 2.17. The number of hydrogen-bond acceptors (Lipinski definition) is 5. The van der Waals surface area contributed by atoms with Gasteiger partial charge in [-0.15, -0.1) is 0 Å². The van der Waals surface area contributed by atoms with Crippen molar-refractivity contribution < 1.29 is 27.5 Å². The number of rotatable bonds is 4. The van der Waals surface area contributed by atoms with Crippen molar-refractivity contribution >= 4 is 28.5 Å². The van der Waals surface area contributed by atoms with Crippen LogP contribution >= 0.6 is 0 Å². The van der Waals surface area contributed by atoms with Crippen molar-refractivity contribution in [2.45, 2.75) is 0 Å². The summed E-state index contributed by atoms with van der Waals surface area (Å²) in [6.07, 6.45) is 0. The fraction of sp³-hybridized carbons (Fsp3) is 0.0556. The molecule has 8 heteroatoms. The van der Waals surface area contributed by atoms with Gasteiger partial charge in [0.15, 0.2) is 12.0 Å². The molecule has 1 amide bonds. The summed E-state index contributed by atoms with van der Waals surface area (Å²) in [4.78, 5) is 35.6. The first-order valence-electron chi connectivity index (χ1n) is 7.39. The lowest BCUT2D eigenvalue weighted by Gasteiger charge is -2.08. The van der Waals surface area contributed by atoms with Gasteiger partial charge in [-0.1, -0.05) is 18.2 Å². The summed E-state index contributed by atoms with van der Waals surface area (Å²) < 4.78 is 36.9. The third kappa shape index (κ3) is 3.59. The SMILES string of the molecule is O=C(COC(=O)c1cc(=O)c2ccccc2o1)Nc1c(F)cccc1F. The molecule has 1 N–H and O–H groups in total. The molecule has 0 aliphatic rings. The Morgan fingerprint density at radius 3 is 2.46 bits per heavy atom. The number of ether oxygens (including phenoxy) is 1. The van der Waals surface area contributed by atoms with E-state index < -0.39 is 47.0 Å². The van der Waals surface area contributed by atoms with Gasteiger partial charge in [-0.2, -0.15) is 0 Å². The zero-order chi connectivity index (χ0) is 18.7. The maximum atomic E-state index is 13.5. The summed E-state index contributed by atoms with van der Waals surface area (Å²) in [7, 11) is 0. The van der Waals surface area contributed by atoms with Crippen LogP contribution in [0, 0.1) is 11.6 Å². The molecule has 1 aromatic heterocycles. The first kappa shape index (κ1) is 17.3.